The lowest BCUT2D eigenvalue weighted by atomic mass is 9.98. The number of carboxylic acid groups (broad SMARTS) is 1. The molecule has 0 saturated heterocycles. The highest BCUT2D eigenvalue weighted by molar-refractivity contribution is 6.30. The lowest BCUT2D eigenvalue weighted by Crippen LogP contribution is -2.16. The first-order chi connectivity index (χ1) is 17.0. The number of rotatable bonds is 10. The highest BCUT2D eigenvalue weighted by atomic mass is 35.5. The van der Waals surface area contributed by atoms with Gasteiger partial charge in [-0.3, -0.25) is 9.36 Å². The fourth-order valence-corrected chi connectivity index (χ4v) is 4.37. The number of carboxylic acids is 1. The van der Waals surface area contributed by atoms with Crippen molar-refractivity contribution in [3.8, 4) is 17.2 Å². The van der Waals surface area contributed by atoms with E-state index in [4.69, 9.17) is 30.5 Å². The van der Waals surface area contributed by atoms with Crippen LogP contribution in [0.1, 0.15) is 41.4 Å². The normalized spacial score (nSPS) is 16.7. The average Bonchev–Trinajstić information content (AvgIpc) is 3.21. The van der Waals surface area contributed by atoms with E-state index in [9.17, 15) is 9.90 Å². The van der Waals surface area contributed by atoms with Crippen LogP contribution in [-0.2, 0) is 20.7 Å². The number of ether oxygens (including phenoxy) is 4. The summed E-state index contributed by atoms with van der Waals surface area (Å²) in [6.07, 6.45) is 0.204. The molecule has 35 heavy (non-hydrogen) atoms. The fourth-order valence-electron chi connectivity index (χ4n) is 4.19. The first-order valence-electron chi connectivity index (χ1n) is 11.0. The highest BCUT2D eigenvalue weighted by Gasteiger charge is 2.36. The van der Waals surface area contributed by atoms with Crippen molar-refractivity contribution >= 4 is 17.6 Å². The maximum Gasteiger partial charge on any atom is 0.306 e. The molecule has 10 heteroatoms. The first kappa shape index (κ1) is 24.7. The van der Waals surface area contributed by atoms with Gasteiger partial charge < -0.3 is 24.1 Å². The number of aromatic nitrogens is 3. The molecule has 0 bridgehead atoms. The van der Waals surface area contributed by atoms with E-state index in [1.165, 1.54) is 0 Å². The molecule has 1 aliphatic rings. The molecule has 0 spiro atoms. The molecule has 0 radical (unpaired) electrons. The van der Waals surface area contributed by atoms with Gasteiger partial charge in [0.2, 0.25) is 0 Å². The molecule has 1 aliphatic heterocycles. The van der Waals surface area contributed by atoms with E-state index in [2.05, 4.69) is 16.8 Å². The number of hydrogen-bond donors (Lipinski definition) is 1. The molecule has 0 fully saturated rings. The Hall–Kier alpha value is -3.40. The largest absolute Gasteiger partial charge is 0.493 e. The Bertz CT molecular complexity index is 1230. The Labute approximate surface area is 207 Å². The smallest absolute Gasteiger partial charge is 0.306 e. The summed E-state index contributed by atoms with van der Waals surface area (Å²) in [4.78, 5) is 11.8. The van der Waals surface area contributed by atoms with Crippen molar-refractivity contribution in [1.29, 1.82) is 0 Å². The van der Waals surface area contributed by atoms with Crippen LogP contribution in [0, 0.1) is 0 Å². The van der Waals surface area contributed by atoms with Gasteiger partial charge in [-0.05, 0) is 24.3 Å². The highest BCUT2D eigenvalue weighted by Crippen LogP contribution is 2.46. The summed E-state index contributed by atoms with van der Waals surface area (Å²) in [6, 6.07) is 10.9. The number of fused-ring (bicyclic) bond motifs is 3. The number of aliphatic carboxylic acids is 1. The molecule has 0 saturated carbocycles. The number of nitrogens with zero attached hydrogens (tertiary/aromatic N) is 3. The van der Waals surface area contributed by atoms with Crippen LogP contribution in [0.4, 0.5) is 0 Å². The van der Waals surface area contributed by atoms with Gasteiger partial charge in [0.15, 0.2) is 17.3 Å². The Kier molecular flexibility index (Phi) is 7.70. The maximum atomic E-state index is 11.8. The molecule has 2 atom stereocenters. The van der Waals surface area contributed by atoms with Crippen LogP contribution in [-0.4, -0.2) is 53.3 Å². The molecule has 0 aliphatic carbocycles. The quantitative estimate of drug-likeness (QED) is 0.325. The van der Waals surface area contributed by atoms with Gasteiger partial charge in [-0.1, -0.05) is 29.8 Å². The molecule has 2 unspecified atom stereocenters. The van der Waals surface area contributed by atoms with Crippen LogP contribution in [0.3, 0.4) is 0 Å². The molecule has 1 aromatic heterocycles. The minimum Gasteiger partial charge on any atom is -0.493 e. The minimum atomic E-state index is -1.03. The summed E-state index contributed by atoms with van der Waals surface area (Å²) >= 11 is 6.42. The van der Waals surface area contributed by atoms with Crippen molar-refractivity contribution < 1.29 is 28.8 Å². The molecule has 4 rings (SSSR count). The number of methoxy groups -OCH3 is 2. The molecule has 2 aromatic carbocycles. The number of para-hydroxylation sites is 1. The van der Waals surface area contributed by atoms with Crippen molar-refractivity contribution in [2.45, 2.75) is 25.0 Å². The second-order valence-corrected chi connectivity index (χ2v) is 8.25. The van der Waals surface area contributed by atoms with Gasteiger partial charge in [-0.25, -0.2) is 0 Å². The number of carbonyl (C=O) groups is 1. The molecule has 184 valence electrons. The summed E-state index contributed by atoms with van der Waals surface area (Å²) in [5.41, 5.74) is 2.11. The predicted molar refractivity (Wildman–Crippen MR) is 129 cm³/mol. The molecule has 3 aromatic rings. The van der Waals surface area contributed by atoms with E-state index in [-0.39, 0.29) is 6.42 Å². The molecular formula is C25H26ClN3O6. The molecule has 1 N–H and O–H groups in total. The van der Waals surface area contributed by atoms with E-state index < -0.39 is 18.2 Å². The van der Waals surface area contributed by atoms with Crippen LogP contribution in [0.5, 0.6) is 11.5 Å². The second kappa shape index (κ2) is 10.9. The zero-order valence-electron chi connectivity index (χ0n) is 19.4. The van der Waals surface area contributed by atoms with Gasteiger partial charge in [-0.15, -0.1) is 16.8 Å². The van der Waals surface area contributed by atoms with E-state index in [1.807, 2.05) is 22.8 Å². The predicted octanol–water partition coefficient (Wildman–Crippen LogP) is 4.32. The Morgan fingerprint density at radius 2 is 2.06 bits per heavy atom. The lowest BCUT2D eigenvalue weighted by Gasteiger charge is -2.24. The van der Waals surface area contributed by atoms with Crippen molar-refractivity contribution in [2.75, 3.05) is 27.4 Å². The van der Waals surface area contributed by atoms with Gasteiger partial charge in [0.1, 0.15) is 18.0 Å². The number of hydrogen-bond acceptors (Lipinski definition) is 7. The first-order valence-corrected chi connectivity index (χ1v) is 11.4. The monoisotopic (exact) mass is 499 g/mol. The molecule has 9 nitrogen and oxygen atoms in total. The van der Waals surface area contributed by atoms with E-state index >= 15 is 0 Å². The van der Waals surface area contributed by atoms with Crippen LogP contribution in [0.25, 0.3) is 5.69 Å². The van der Waals surface area contributed by atoms with Crippen LogP contribution in [0.15, 0.2) is 49.1 Å². The zero-order valence-corrected chi connectivity index (χ0v) is 20.2. The lowest BCUT2D eigenvalue weighted by molar-refractivity contribution is -0.141. The van der Waals surface area contributed by atoms with E-state index in [0.717, 1.165) is 5.69 Å². The molecular weight excluding hydrogens is 474 g/mol. The summed E-state index contributed by atoms with van der Waals surface area (Å²) in [6.45, 7) is 4.46. The van der Waals surface area contributed by atoms with Crippen LogP contribution >= 0.6 is 11.6 Å². The van der Waals surface area contributed by atoms with Gasteiger partial charge in [0.25, 0.3) is 0 Å². The molecule has 2 heterocycles. The SMILES string of the molecule is C=CCOCCc1nnc2n1-c1ccc(Cl)cc1C(c1cccc(OC)c1OC)OC2CC(=O)O. The third-order valence-corrected chi connectivity index (χ3v) is 5.87. The average molecular weight is 500 g/mol. The Morgan fingerprint density at radius 1 is 1.23 bits per heavy atom. The van der Waals surface area contributed by atoms with Gasteiger partial charge >= 0.3 is 5.97 Å². The maximum absolute atomic E-state index is 11.8. The molecule has 0 amide bonds. The van der Waals surface area contributed by atoms with Crippen LogP contribution < -0.4 is 9.47 Å². The van der Waals surface area contributed by atoms with Crippen molar-refractivity contribution in [3.05, 3.63) is 76.9 Å². The van der Waals surface area contributed by atoms with E-state index in [0.29, 0.717) is 58.9 Å². The van der Waals surface area contributed by atoms with Crippen molar-refractivity contribution in [2.24, 2.45) is 0 Å². The van der Waals surface area contributed by atoms with Gasteiger partial charge in [0.05, 0.1) is 39.5 Å². The summed E-state index contributed by atoms with van der Waals surface area (Å²) in [7, 11) is 3.09. The minimum absolute atomic E-state index is 0.310. The number of benzene rings is 2. The van der Waals surface area contributed by atoms with Crippen LogP contribution in [0.2, 0.25) is 5.02 Å². The summed E-state index contributed by atoms with van der Waals surface area (Å²) in [5, 5.41) is 18.8. The van der Waals surface area contributed by atoms with E-state index in [1.54, 1.807) is 38.5 Å². The van der Waals surface area contributed by atoms with Gasteiger partial charge in [-0.2, -0.15) is 0 Å². The third kappa shape index (κ3) is 5.02. The second-order valence-electron chi connectivity index (χ2n) is 7.81. The summed E-state index contributed by atoms with van der Waals surface area (Å²) < 4.78 is 25.0. The summed E-state index contributed by atoms with van der Waals surface area (Å²) in [5.74, 6) is 0.982. The van der Waals surface area contributed by atoms with Gasteiger partial charge in [0, 0.05) is 22.6 Å². The Morgan fingerprint density at radius 3 is 2.77 bits per heavy atom. The van der Waals surface area contributed by atoms with Crippen molar-refractivity contribution in [1.82, 2.24) is 14.8 Å². The Balaban J connectivity index is 1.91. The van der Waals surface area contributed by atoms with Crippen molar-refractivity contribution in [3.63, 3.8) is 0 Å². The number of halogens is 1. The topological polar surface area (TPSA) is 105 Å². The third-order valence-electron chi connectivity index (χ3n) is 5.64. The zero-order chi connectivity index (χ0) is 24.9. The fraction of sp³-hybridized carbons (Fsp3) is 0.320. The standard InChI is InChI=1S/C25H26ClN3O6/c1-4-11-34-12-10-21-27-28-25-20(14-22(30)31)35-23(16-6-5-7-19(32-2)24(16)33-3)17-13-15(26)8-9-18(17)29(21)25/h4-9,13,20,23H,1,10-12,14H2,2-3H3,(H,30,31).